The van der Waals surface area contributed by atoms with Crippen LogP contribution in [0.1, 0.15) is 19.3 Å². The first-order valence-corrected chi connectivity index (χ1v) is 6.92. The number of hydrogen-bond donors (Lipinski definition) is 0. The van der Waals surface area contributed by atoms with Gasteiger partial charge in [0.15, 0.2) is 0 Å². The van der Waals surface area contributed by atoms with E-state index in [1.54, 1.807) is 23.1 Å². The number of urea groups is 1. The van der Waals surface area contributed by atoms with Gasteiger partial charge in [0.25, 0.3) is 0 Å². The zero-order chi connectivity index (χ0) is 13.6. The largest absolute Gasteiger partial charge is 0.331 e. The summed E-state index contributed by atoms with van der Waals surface area (Å²) in [4.78, 5) is 27.5. The highest BCUT2D eigenvalue weighted by Gasteiger charge is 2.41. The van der Waals surface area contributed by atoms with Crippen LogP contribution in [0, 0.1) is 0 Å². The van der Waals surface area contributed by atoms with E-state index in [9.17, 15) is 9.59 Å². The lowest BCUT2D eigenvalue weighted by atomic mass is 10.1. The Kier molecular flexibility index (Phi) is 3.15. The number of carbonyl (C=O) groups is 2. The van der Waals surface area contributed by atoms with Gasteiger partial charge in [0.2, 0.25) is 5.91 Å². The van der Waals surface area contributed by atoms with Gasteiger partial charge in [-0.3, -0.25) is 4.79 Å². The average Bonchev–Trinajstić information content (AvgIpc) is 2.82. The van der Waals surface area contributed by atoms with E-state index in [0.29, 0.717) is 28.7 Å². The molecule has 0 N–H and O–H groups in total. The number of amides is 3. The van der Waals surface area contributed by atoms with Gasteiger partial charge in [0.1, 0.15) is 0 Å². The monoisotopic (exact) mass is 298 g/mol. The highest BCUT2D eigenvalue weighted by atomic mass is 35.5. The van der Waals surface area contributed by atoms with Crippen LogP contribution in [0.2, 0.25) is 10.0 Å². The Hall–Kier alpha value is -1.26. The lowest BCUT2D eigenvalue weighted by molar-refractivity contribution is -0.119. The number of nitrogens with zero attached hydrogens (tertiary/aromatic N) is 2. The fraction of sp³-hybridized carbons (Fsp3) is 0.385. The molecule has 1 unspecified atom stereocenters. The fourth-order valence-electron chi connectivity index (χ4n) is 2.71. The molecule has 2 fully saturated rings. The molecule has 2 aliphatic rings. The van der Waals surface area contributed by atoms with Crippen LogP contribution in [-0.4, -0.2) is 29.4 Å². The highest BCUT2D eigenvalue weighted by molar-refractivity contribution is 6.42. The predicted octanol–water partition coefficient (Wildman–Crippen LogP) is 3.31. The van der Waals surface area contributed by atoms with Crippen molar-refractivity contribution in [1.82, 2.24) is 4.90 Å². The third-order valence-corrected chi connectivity index (χ3v) is 4.37. The Labute approximate surface area is 120 Å². The van der Waals surface area contributed by atoms with Crippen molar-refractivity contribution in [3.63, 3.8) is 0 Å². The molecule has 0 aliphatic carbocycles. The number of rotatable bonds is 1. The Morgan fingerprint density at radius 1 is 1.16 bits per heavy atom. The molecule has 4 nitrogen and oxygen atoms in total. The summed E-state index contributed by atoms with van der Waals surface area (Å²) in [6, 6.07) is 4.60. The molecule has 3 amide bonds. The second kappa shape index (κ2) is 4.69. The molecule has 3 rings (SSSR count). The molecular formula is C13H12Cl2N2O2. The van der Waals surface area contributed by atoms with Crippen LogP contribution < -0.4 is 4.90 Å². The van der Waals surface area contributed by atoms with Crippen molar-refractivity contribution in [3.05, 3.63) is 28.2 Å². The van der Waals surface area contributed by atoms with Crippen molar-refractivity contribution in [2.75, 3.05) is 11.4 Å². The molecule has 0 aromatic heterocycles. The molecule has 1 aromatic rings. The van der Waals surface area contributed by atoms with E-state index in [-0.39, 0.29) is 18.0 Å². The van der Waals surface area contributed by atoms with Crippen molar-refractivity contribution in [1.29, 1.82) is 0 Å². The van der Waals surface area contributed by atoms with Gasteiger partial charge in [-0.15, -0.1) is 0 Å². The molecule has 2 aliphatic heterocycles. The first-order chi connectivity index (χ1) is 9.08. The molecule has 2 saturated heterocycles. The maximum Gasteiger partial charge on any atom is 0.331 e. The molecular weight excluding hydrogens is 287 g/mol. The summed E-state index contributed by atoms with van der Waals surface area (Å²) in [6.45, 7) is 0.717. The van der Waals surface area contributed by atoms with Gasteiger partial charge in [-0.25, -0.2) is 9.69 Å². The molecule has 0 bridgehead atoms. The Bertz CT molecular complexity index is 562. The fourth-order valence-corrected chi connectivity index (χ4v) is 3.00. The number of benzene rings is 1. The predicted molar refractivity (Wildman–Crippen MR) is 73.7 cm³/mol. The second-order valence-corrected chi connectivity index (χ2v) is 5.62. The smallest absolute Gasteiger partial charge is 0.320 e. The maximum absolute atomic E-state index is 12.4. The Morgan fingerprint density at radius 3 is 2.68 bits per heavy atom. The zero-order valence-electron chi connectivity index (χ0n) is 10.1. The van der Waals surface area contributed by atoms with Crippen molar-refractivity contribution >= 4 is 40.8 Å². The van der Waals surface area contributed by atoms with Crippen LogP contribution in [0.5, 0.6) is 0 Å². The van der Waals surface area contributed by atoms with E-state index in [4.69, 9.17) is 23.2 Å². The van der Waals surface area contributed by atoms with Crippen LogP contribution in [0.15, 0.2) is 18.2 Å². The van der Waals surface area contributed by atoms with E-state index in [1.165, 1.54) is 4.90 Å². The van der Waals surface area contributed by atoms with E-state index in [2.05, 4.69) is 0 Å². The minimum Gasteiger partial charge on any atom is -0.320 e. The summed E-state index contributed by atoms with van der Waals surface area (Å²) in [6.07, 6.45) is 2.25. The topological polar surface area (TPSA) is 40.6 Å². The summed E-state index contributed by atoms with van der Waals surface area (Å²) in [5.74, 6) is -0.175. The summed E-state index contributed by atoms with van der Waals surface area (Å²) >= 11 is 11.8. The van der Waals surface area contributed by atoms with Crippen molar-refractivity contribution in [2.24, 2.45) is 0 Å². The van der Waals surface area contributed by atoms with E-state index in [0.717, 1.165) is 12.8 Å². The highest BCUT2D eigenvalue weighted by Crippen LogP contribution is 2.33. The van der Waals surface area contributed by atoms with Crippen LogP contribution in [0.3, 0.4) is 0 Å². The standard InChI is InChI=1S/C13H12Cl2N2O2/c14-10-4-3-9(6-11(10)15)17-12(18)7-8-2-1-5-16(8)13(17)19/h3-4,6,8H,1-2,5,7H2. The van der Waals surface area contributed by atoms with Crippen molar-refractivity contribution in [3.8, 4) is 0 Å². The number of carbonyl (C=O) groups excluding carboxylic acids is 2. The quantitative estimate of drug-likeness (QED) is 0.798. The molecule has 6 heteroatoms. The third kappa shape index (κ3) is 2.09. The molecule has 0 spiro atoms. The van der Waals surface area contributed by atoms with Crippen LogP contribution in [0.25, 0.3) is 0 Å². The van der Waals surface area contributed by atoms with Gasteiger partial charge in [0.05, 0.1) is 15.7 Å². The summed E-state index contributed by atoms with van der Waals surface area (Å²) in [5.41, 5.74) is 0.481. The average molecular weight is 299 g/mol. The van der Waals surface area contributed by atoms with Gasteiger partial charge in [0, 0.05) is 19.0 Å². The number of imide groups is 1. The van der Waals surface area contributed by atoms with Gasteiger partial charge >= 0.3 is 6.03 Å². The lowest BCUT2D eigenvalue weighted by Gasteiger charge is -2.36. The number of anilines is 1. The van der Waals surface area contributed by atoms with Crippen molar-refractivity contribution in [2.45, 2.75) is 25.3 Å². The minimum absolute atomic E-state index is 0.0685. The third-order valence-electron chi connectivity index (χ3n) is 3.64. The van der Waals surface area contributed by atoms with Crippen LogP contribution in [-0.2, 0) is 4.79 Å². The van der Waals surface area contributed by atoms with Gasteiger partial charge in [-0.1, -0.05) is 23.2 Å². The number of halogens is 2. The molecule has 2 heterocycles. The number of hydrogen-bond acceptors (Lipinski definition) is 2. The second-order valence-electron chi connectivity index (χ2n) is 4.80. The summed E-state index contributed by atoms with van der Waals surface area (Å²) in [7, 11) is 0. The molecule has 0 saturated carbocycles. The van der Waals surface area contributed by atoms with Crippen molar-refractivity contribution < 1.29 is 9.59 Å². The summed E-state index contributed by atoms with van der Waals surface area (Å²) in [5, 5.41) is 0.740. The van der Waals surface area contributed by atoms with Crippen LogP contribution >= 0.6 is 23.2 Å². The summed E-state index contributed by atoms with van der Waals surface area (Å²) < 4.78 is 0. The Balaban J connectivity index is 1.96. The number of fused-ring (bicyclic) bond motifs is 1. The van der Waals surface area contributed by atoms with Crippen LogP contribution in [0.4, 0.5) is 10.5 Å². The molecule has 100 valence electrons. The molecule has 1 atom stereocenters. The SMILES string of the molecule is O=C1CC2CCCN2C(=O)N1c1ccc(Cl)c(Cl)c1. The minimum atomic E-state index is -0.253. The molecule has 19 heavy (non-hydrogen) atoms. The normalized spacial score (nSPS) is 22.9. The first kappa shape index (κ1) is 12.8. The Morgan fingerprint density at radius 2 is 1.95 bits per heavy atom. The van der Waals surface area contributed by atoms with Gasteiger partial charge in [-0.2, -0.15) is 0 Å². The maximum atomic E-state index is 12.4. The molecule has 0 radical (unpaired) electrons. The van der Waals surface area contributed by atoms with E-state index >= 15 is 0 Å². The van der Waals surface area contributed by atoms with Gasteiger partial charge < -0.3 is 4.90 Å². The van der Waals surface area contributed by atoms with E-state index < -0.39 is 0 Å². The van der Waals surface area contributed by atoms with E-state index in [1.807, 2.05) is 0 Å². The zero-order valence-corrected chi connectivity index (χ0v) is 11.6. The van der Waals surface area contributed by atoms with Gasteiger partial charge in [-0.05, 0) is 31.0 Å². The lowest BCUT2D eigenvalue weighted by Crippen LogP contribution is -2.54. The first-order valence-electron chi connectivity index (χ1n) is 6.16. The molecule has 1 aromatic carbocycles.